The topological polar surface area (TPSA) is 116 Å². The molecule has 1 aromatic heterocycles. The molecule has 1 aromatic carbocycles. The van der Waals surface area contributed by atoms with Gasteiger partial charge in [0, 0.05) is 29.9 Å². The van der Waals surface area contributed by atoms with E-state index in [4.69, 9.17) is 21.7 Å². The lowest BCUT2D eigenvalue weighted by molar-refractivity contribution is 0.0506. The molecule has 2 aliphatic rings. The van der Waals surface area contributed by atoms with Crippen LogP contribution in [0.4, 0.5) is 11.5 Å². The first-order valence-electron chi connectivity index (χ1n) is 8.82. The Kier molecular flexibility index (Phi) is 4.77. The first-order valence-corrected chi connectivity index (χ1v) is 8.82. The second kappa shape index (κ2) is 7.38. The standard InChI is InChI=1S/C18H18BN5O4/c1-21-14-5-7-27-10-15(14)24-9-13(17(20)25)18(23-24)22-12-3-2-11-4-6-19(26)28-16(11)8-12/h2-4,6,8-9,14-15,26H,5,7,10H2,(H2,20,25)(H,22,23). The summed E-state index contributed by atoms with van der Waals surface area (Å²) in [4.78, 5) is 15.6. The number of carbonyl (C=O) groups is 1. The van der Waals surface area contributed by atoms with Crippen LogP contribution in [-0.2, 0) is 4.74 Å². The molecule has 3 heterocycles. The highest BCUT2D eigenvalue weighted by molar-refractivity contribution is 6.51. The summed E-state index contributed by atoms with van der Waals surface area (Å²) in [5.74, 6) is 1.71. The SMILES string of the molecule is [C-]#[N+]C1CCOCC1n1cc(C(N)=O)c(Nc2ccc3c(c2)OB(O)C=C3)n1. The molecule has 2 aromatic rings. The molecular weight excluding hydrogens is 361 g/mol. The van der Waals surface area contributed by atoms with Crippen molar-refractivity contribution < 1.29 is 19.2 Å². The van der Waals surface area contributed by atoms with Crippen molar-refractivity contribution in [2.24, 2.45) is 5.73 Å². The highest BCUT2D eigenvalue weighted by Gasteiger charge is 2.33. The summed E-state index contributed by atoms with van der Waals surface area (Å²) in [6.45, 7) is 8.27. The van der Waals surface area contributed by atoms with Gasteiger partial charge in [-0.2, -0.15) is 5.10 Å². The predicted octanol–water partition coefficient (Wildman–Crippen LogP) is 1.40. The molecule has 10 heteroatoms. The van der Waals surface area contributed by atoms with Gasteiger partial charge >= 0.3 is 7.12 Å². The number of benzene rings is 1. The summed E-state index contributed by atoms with van der Waals surface area (Å²) in [5, 5.41) is 17.1. The van der Waals surface area contributed by atoms with Crippen LogP contribution in [0, 0.1) is 6.57 Å². The molecule has 0 spiro atoms. The Morgan fingerprint density at radius 1 is 1.50 bits per heavy atom. The molecule has 0 aliphatic carbocycles. The minimum absolute atomic E-state index is 0.216. The number of rotatable bonds is 4. The predicted molar refractivity (Wildman–Crippen MR) is 103 cm³/mol. The lowest BCUT2D eigenvalue weighted by atomic mass is 9.86. The van der Waals surface area contributed by atoms with Crippen molar-refractivity contribution in [3.63, 3.8) is 0 Å². The molecule has 4 N–H and O–H groups in total. The van der Waals surface area contributed by atoms with Crippen LogP contribution in [0.2, 0.25) is 0 Å². The molecule has 142 valence electrons. The Hall–Kier alpha value is -3.29. The molecule has 9 nitrogen and oxygen atoms in total. The third-order valence-corrected chi connectivity index (χ3v) is 4.76. The molecule has 1 amide bonds. The van der Waals surface area contributed by atoms with Crippen molar-refractivity contribution in [3.8, 4) is 5.75 Å². The summed E-state index contributed by atoms with van der Waals surface area (Å²) in [7, 11) is -1.00. The van der Waals surface area contributed by atoms with E-state index >= 15 is 0 Å². The Morgan fingerprint density at radius 3 is 3.14 bits per heavy atom. The highest BCUT2D eigenvalue weighted by Crippen LogP contribution is 2.31. The number of hydrogen-bond donors (Lipinski definition) is 3. The van der Waals surface area contributed by atoms with Gasteiger partial charge in [-0.05, 0) is 18.1 Å². The van der Waals surface area contributed by atoms with Crippen molar-refractivity contribution in [1.29, 1.82) is 0 Å². The lowest BCUT2D eigenvalue weighted by Crippen LogP contribution is -2.32. The maximum atomic E-state index is 11.9. The van der Waals surface area contributed by atoms with E-state index in [2.05, 4.69) is 15.3 Å². The molecule has 2 aliphatic heterocycles. The second-order valence-corrected chi connectivity index (χ2v) is 6.61. The van der Waals surface area contributed by atoms with Gasteiger partial charge in [0.15, 0.2) is 5.82 Å². The minimum Gasteiger partial charge on any atom is -0.532 e. The van der Waals surface area contributed by atoms with E-state index in [1.54, 1.807) is 35.1 Å². The number of nitrogens with one attached hydrogen (secondary N) is 1. The van der Waals surface area contributed by atoms with Gasteiger partial charge in [-0.1, -0.05) is 6.08 Å². The van der Waals surface area contributed by atoms with Gasteiger partial charge in [0.1, 0.15) is 17.4 Å². The van der Waals surface area contributed by atoms with Crippen molar-refractivity contribution in [1.82, 2.24) is 9.78 Å². The van der Waals surface area contributed by atoms with E-state index in [1.165, 1.54) is 0 Å². The fraction of sp³-hybridized carbons (Fsp3) is 0.278. The molecule has 28 heavy (non-hydrogen) atoms. The summed E-state index contributed by atoms with van der Waals surface area (Å²) >= 11 is 0. The first-order chi connectivity index (χ1) is 13.5. The highest BCUT2D eigenvalue weighted by atomic mass is 16.5. The van der Waals surface area contributed by atoms with Crippen LogP contribution >= 0.6 is 0 Å². The molecule has 1 fully saturated rings. The summed E-state index contributed by atoms with van der Waals surface area (Å²) in [5.41, 5.74) is 7.18. The fourth-order valence-corrected chi connectivity index (χ4v) is 3.29. The van der Waals surface area contributed by atoms with Crippen LogP contribution in [0.1, 0.15) is 28.4 Å². The largest absolute Gasteiger partial charge is 0.552 e. The Bertz CT molecular complexity index is 983. The number of nitrogens with zero attached hydrogens (tertiary/aromatic N) is 3. The average Bonchev–Trinajstić information content (AvgIpc) is 3.11. The van der Waals surface area contributed by atoms with Gasteiger partial charge in [-0.25, -0.2) is 6.57 Å². The van der Waals surface area contributed by atoms with Gasteiger partial charge in [0.25, 0.3) is 5.91 Å². The number of anilines is 2. The van der Waals surface area contributed by atoms with Crippen LogP contribution in [0.15, 0.2) is 30.4 Å². The Labute approximate surface area is 161 Å². The van der Waals surface area contributed by atoms with E-state index in [0.29, 0.717) is 31.1 Å². The first kappa shape index (κ1) is 18.1. The molecule has 2 unspecified atom stereocenters. The van der Waals surface area contributed by atoms with E-state index in [9.17, 15) is 9.82 Å². The van der Waals surface area contributed by atoms with Crippen molar-refractivity contribution in [2.45, 2.75) is 18.5 Å². The number of ether oxygens (including phenoxy) is 1. The summed E-state index contributed by atoms with van der Waals surface area (Å²) < 4.78 is 12.4. The molecule has 0 saturated carbocycles. The normalized spacial score (nSPS) is 20.8. The number of fused-ring (bicyclic) bond motifs is 1. The Balaban J connectivity index is 1.64. The molecule has 1 saturated heterocycles. The van der Waals surface area contributed by atoms with Crippen molar-refractivity contribution in [3.05, 3.63) is 52.9 Å². The molecule has 0 radical (unpaired) electrons. The third kappa shape index (κ3) is 3.45. The van der Waals surface area contributed by atoms with E-state index < -0.39 is 13.0 Å². The van der Waals surface area contributed by atoms with Gasteiger partial charge < -0.3 is 30.3 Å². The molecular formula is C18H18BN5O4. The summed E-state index contributed by atoms with van der Waals surface area (Å²) in [6, 6.07) is 4.78. The van der Waals surface area contributed by atoms with Gasteiger partial charge in [-0.3, -0.25) is 9.48 Å². The maximum absolute atomic E-state index is 11.9. The van der Waals surface area contributed by atoms with Crippen LogP contribution in [0.3, 0.4) is 0 Å². The van der Waals surface area contributed by atoms with E-state index in [-0.39, 0.29) is 23.5 Å². The number of nitrogens with two attached hydrogens (primary N) is 1. The molecule has 4 rings (SSSR count). The number of hydrogen-bond acceptors (Lipinski definition) is 6. The third-order valence-electron chi connectivity index (χ3n) is 4.76. The fourth-order valence-electron chi connectivity index (χ4n) is 3.29. The van der Waals surface area contributed by atoms with Gasteiger partial charge in [-0.15, -0.1) is 0 Å². The van der Waals surface area contributed by atoms with Crippen LogP contribution < -0.4 is 15.7 Å². The molecule has 0 bridgehead atoms. The van der Waals surface area contributed by atoms with Crippen LogP contribution in [-0.4, -0.2) is 47.1 Å². The minimum atomic E-state index is -1.00. The van der Waals surface area contributed by atoms with E-state index in [1.807, 2.05) is 6.07 Å². The van der Waals surface area contributed by atoms with Gasteiger partial charge in [0.05, 0.1) is 13.2 Å². The Morgan fingerprint density at radius 2 is 2.36 bits per heavy atom. The van der Waals surface area contributed by atoms with Crippen molar-refractivity contribution >= 4 is 30.6 Å². The van der Waals surface area contributed by atoms with Crippen LogP contribution in [0.5, 0.6) is 5.75 Å². The smallest absolute Gasteiger partial charge is 0.532 e. The average molecular weight is 379 g/mol. The second-order valence-electron chi connectivity index (χ2n) is 6.61. The van der Waals surface area contributed by atoms with Gasteiger partial charge in [0.2, 0.25) is 6.04 Å². The zero-order valence-electron chi connectivity index (χ0n) is 14.9. The maximum Gasteiger partial charge on any atom is 0.552 e. The molecule has 2 atom stereocenters. The van der Waals surface area contributed by atoms with Crippen molar-refractivity contribution in [2.75, 3.05) is 18.5 Å². The number of primary amides is 1. The van der Waals surface area contributed by atoms with E-state index in [0.717, 1.165) is 5.56 Å². The zero-order valence-corrected chi connectivity index (χ0v) is 14.9. The lowest BCUT2D eigenvalue weighted by Gasteiger charge is -2.23. The monoisotopic (exact) mass is 379 g/mol. The number of aromatic nitrogens is 2. The zero-order chi connectivity index (χ0) is 19.7. The van der Waals surface area contributed by atoms with Crippen LogP contribution in [0.25, 0.3) is 10.9 Å². The summed E-state index contributed by atoms with van der Waals surface area (Å²) in [6.07, 6.45) is 3.93. The number of amides is 1. The quantitative estimate of drug-likeness (QED) is 0.546. The number of carbonyl (C=O) groups excluding carboxylic acids is 1.